The first kappa shape index (κ1) is 17.7. The summed E-state index contributed by atoms with van der Waals surface area (Å²) in [7, 11) is 0. The molecule has 1 N–H and O–H groups in total. The number of rotatable bonds is 2. The number of carboxylic acids is 1. The summed E-state index contributed by atoms with van der Waals surface area (Å²) >= 11 is 6.65. The number of piperidine rings is 1. The van der Waals surface area contributed by atoms with Gasteiger partial charge in [0.05, 0.1) is 11.5 Å². The van der Waals surface area contributed by atoms with Crippen molar-refractivity contribution in [2.45, 2.75) is 25.8 Å². The molecule has 0 saturated carbocycles. The van der Waals surface area contributed by atoms with Crippen LogP contribution in [0, 0.1) is 16.6 Å². The van der Waals surface area contributed by atoms with Crippen molar-refractivity contribution in [2.75, 3.05) is 6.54 Å². The van der Waals surface area contributed by atoms with E-state index in [0.29, 0.717) is 24.9 Å². The number of hydrogen-bond donors (Lipinski definition) is 1. The first-order valence-corrected chi connectivity index (χ1v) is 9.73. The molecule has 0 spiro atoms. The molecular formula is C14H14I3NO3. The molecule has 0 radical (unpaired) electrons. The molecule has 7 heteroatoms. The smallest absolute Gasteiger partial charge is 0.306 e. The number of aliphatic carboxylic acids is 1. The molecule has 2 atom stereocenters. The number of hydrogen-bond acceptors (Lipinski definition) is 2. The highest BCUT2D eigenvalue weighted by atomic mass is 127. The number of halogens is 3. The van der Waals surface area contributed by atoms with Gasteiger partial charge in [0, 0.05) is 23.3 Å². The van der Waals surface area contributed by atoms with Crippen LogP contribution >= 0.6 is 67.8 Å². The maximum Gasteiger partial charge on any atom is 0.306 e. The average Bonchev–Trinajstić information content (AvgIpc) is 2.41. The van der Waals surface area contributed by atoms with E-state index in [2.05, 4.69) is 67.8 Å². The third-order valence-electron chi connectivity index (χ3n) is 3.71. The van der Waals surface area contributed by atoms with Crippen molar-refractivity contribution in [3.63, 3.8) is 0 Å². The topological polar surface area (TPSA) is 57.6 Å². The summed E-state index contributed by atoms with van der Waals surface area (Å²) in [6.07, 6.45) is 1.06. The summed E-state index contributed by atoms with van der Waals surface area (Å²) in [5.41, 5.74) is 0.715. The van der Waals surface area contributed by atoms with Crippen LogP contribution in [0.25, 0.3) is 0 Å². The molecule has 1 aromatic rings. The fraction of sp³-hybridized carbons (Fsp3) is 0.429. The van der Waals surface area contributed by atoms with Gasteiger partial charge >= 0.3 is 5.97 Å². The Morgan fingerprint density at radius 3 is 2.52 bits per heavy atom. The van der Waals surface area contributed by atoms with Crippen molar-refractivity contribution in [1.82, 2.24) is 4.90 Å². The van der Waals surface area contributed by atoms with E-state index in [0.717, 1.165) is 10.7 Å². The average molecular weight is 625 g/mol. The minimum absolute atomic E-state index is 0.00664. The maximum atomic E-state index is 12.8. The fourth-order valence-electron chi connectivity index (χ4n) is 2.56. The van der Waals surface area contributed by atoms with E-state index >= 15 is 0 Å². The van der Waals surface area contributed by atoms with Gasteiger partial charge in [-0.3, -0.25) is 9.59 Å². The van der Waals surface area contributed by atoms with Gasteiger partial charge in [-0.25, -0.2) is 0 Å². The lowest BCUT2D eigenvalue weighted by atomic mass is 9.91. The van der Waals surface area contributed by atoms with Crippen LogP contribution in [-0.2, 0) is 4.79 Å². The largest absolute Gasteiger partial charge is 0.481 e. The Labute approximate surface area is 164 Å². The maximum absolute atomic E-state index is 12.8. The van der Waals surface area contributed by atoms with Crippen molar-refractivity contribution < 1.29 is 14.7 Å². The van der Waals surface area contributed by atoms with Crippen molar-refractivity contribution in [3.05, 3.63) is 28.4 Å². The van der Waals surface area contributed by atoms with Gasteiger partial charge in [0.2, 0.25) is 0 Å². The Bertz CT molecular complexity index is 591. The SMILES string of the molecule is CC1CC(C(=O)O)CCN1C(=O)c1cc(I)cc(I)c1I. The molecule has 1 aliphatic rings. The monoisotopic (exact) mass is 625 g/mol. The molecule has 1 aromatic carbocycles. The molecular weight excluding hydrogens is 611 g/mol. The Hall–Kier alpha value is 0.350. The van der Waals surface area contributed by atoms with Crippen molar-refractivity contribution in [2.24, 2.45) is 5.92 Å². The molecule has 0 bridgehead atoms. The second-order valence-electron chi connectivity index (χ2n) is 5.16. The quantitative estimate of drug-likeness (QED) is 0.402. The second-order valence-corrected chi connectivity index (χ2v) is 8.64. The zero-order valence-corrected chi connectivity index (χ0v) is 17.7. The van der Waals surface area contributed by atoms with E-state index < -0.39 is 5.97 Å². The van der Waals surface area contributed by atoms with Gasteiger partial charge in [-0.1, -0.05) is 0 Å². The van der Waals surface area contributed by atoms with Crippen LogP contribution in [0.5, 0.6) is 0 Å². The summed E-state index contributed by atoms with van der Waals surface area (Å²) < 4.78 is 3.07. The van der Waals surface area contributed by atoms with Gasteiger partial charge < -0.3 is 10.0 Å². The van der Waals surface area contributed by atoms with Gasteiger partial charge in [0.1, 0.15) is 0 Å². The third kappa shape index (κ3) is 4.01. The highest BCUT2D eigenvalue weighted by Gasteiger charge is 2.33. The molecule has 1 saturated heterocycles. The van der Waals surface area contributed by atoms with Crippen LogP contribution in [0.1, 0.15) is 30.1 Å². The second kappa shape index (κ2) is 7.28. The van der Waals surface area contributed by atoms with E-state index in [1.165, 1.54) is 0 Å². The Balaban J connectivity index is 2.23. The fourth-order valence-corrected chi connectivity index (χ4v) is 4.95. The van der Waals surface area contributed by atoms with Crippen LogP contribution in [0.3, 0.4) is 0 Å². The summed E-state index contributed by atoms with van der Waals surface area (Å²) in [5, 5.41) is 9.11. The van der Waals surface area contributed by atoms with Crippen LogP contribution < -0.4 is 0 Å². The predicted molar refractivity (Wildman–Crippen MR) is 105 cm³/mol. The molecule has 4 nitrogen and oxygen atoms in total. The zero-order chi connectivity index (χ0) is 15.7. The van der Waals surface area contributed by atoms with Gasteiger partial charge in [-0.15, -0.1) is 0 Å². The number of amides is 1. The van der Waals surface area contributed by atoms with Crippen LogP contribution in [0.4, 0.5) is 0 Å². The van der Waals surface area contributed by atoms with E-state index in [1.807, 2.05) is 24.0 Å². The standard InChI is InChI=1S/C14H14I3NO3/c1-7-4-8(14(20)21)2-3-18(7)13(19)10-5-9(15)6-11(16)12(10)17/h5-8H,2-4H2,1H3,(H,20,21). The molecule has 0 aliphatic carbocycles. The van der Waals surface area contributed by atoms with Crippen LogP contribution in [0.2, 0.25) is 0 Å². The molecule has 1 heterocycles. The highest BCUT2D eigenvalue weighted by Crippen LogP contribution is 2.28. The summed E-state index contributed by atoms with van der Waals surface area (Å²) in [6.45, 7) is 2.44. The number of likely N-dealkylation sites (tertiary alicyclic amines) is 1. The molecule has 1 amide bonds. The molecule has 21 heavy (non-hydrogen) atoms. The first-order valence-electron chi connectivity index (χ1n) is 6.49. The van der Waals surface area contributed by atoms with Crippen LogP contribution in [0.15, 0.2) is 12.1 Å². The first-order chi connectivity index (χ1) is 9.81. The number of benzene rings is 1. The minimum Gasteiger partial charge on any atom is -0.481 e. The van der Waals surface area contributed by atoms with E-state index in [9.17, 15) is 9.59 Å². The molecule has 114 valence electrons. The summed E-state index contributed by atoms with van der Waals surface area (Å²) in [5.74, 6) is -1.08. The Kier molecular flexibility index (Phi) is 6.14. The van der Waals surface area contributed by atoms with Crippen LogP contribution in [-0.4, -0.2) is 34.5 Å². The van der Waals surface area contributed by atoms with Crippen molar-refractivity contribution >= 4 is 79.6 Å². The number of carboxylic acid groups (broad SMARTS) is 1. The molecule has 2 unspecified atom stereocenters. The van der Waals surface area contributed by atoms with E-state index in [1.54, 1.807) is 0 Å². The normalized spacial score (nSPS) is 22.2. The molecule has 1 aliphatic heterocycles. The lowest BCUT2D eigenvalue weighted by Gasteiger charge is -2.36. The van der Waals surface area contributed by atoms with Crippen molar-refractivity contribution in [1.29, 1.82) is 0 Å². The lowest BCUT2D eigenvalue weighted by molar-refractivity contribution is -0.143. The molecule has 2 rings (SSSR count). The number of carbonyl (C=O) groups is 2. The summed E-state index contributed by atoms with van der Waals surface area (Å²) in [6, 6.07) is 3.90. The van der Waals surface area contributed by atoms with Crippen molar-refractivity contribution in [3.8, 4) is 0 Å². The molecule has 1 fully saturated rings. The van der Waals surface area contributed by atoms with Gasteiger partial charge in [-0.05, 0) is 99.7 Å². The Morgan fingerprint density at radius 1 is 1.29 bits per heavy atom. The van der Waals surface area contributed by atoms with E-state index in [-0.39, 0.29) is 17.9 Å². The Morgan fingerprint density at radius 2 is 1.95 bits per heavy atom. The van der Waals surface area contributed by atoms with Gasteiger partial charge in [0.25, 0.3) is 5.91 Å². The summed E-state index contributed by atoms with van der Waals surface area (Å²) in [4.78, 5) is 25.7. The van der Waals surface area contributed by atoms with Gasteiger partial charge in [-0.2, -0.15) is 0 Å². The third-order valence-corrected chi connectivity index (χ3v) is 7.38. The predicted octanol–water partition coefficient (Wildman–Crippen LogP) is 3.83. The highest BCUT2D eigenvalue weighted by molar-refractivity contribution is 14.1. The van der Waals surface area contributed by atoms with E-state index in [4.69, 9.17) is 5.11 Å². The zero-order valence-electron chi connectivity index (χ0n) is 11.3. The number of carbonyl (C=O) groups excluding carboxylic acids is 1. The molecule has 0 aromatic heterocycles. The minimum atomic E-state index is -0.757. The number of nitrogens with zero attached hydrogens (tertiary/aromatic N) is 1. The van der Waals surface area contributed by atoms with Gasteiger partial charge in [0.15, 0.2) is 0 Å². The lowest BCUT2D eigenvalue weighted by Crippen LogP contribution is -2.46.